The van der Waals surface area contributed by atoms with Crippen LogP contribution in [0.15, 0.2) is 59.5 Å². The van der Waals surface area contributed by atoms with Gasteiger partial charge in [0.1, 0.15) is 11.5 Å². The summed E-state index contributed by atoms with van der Waals surface area (Å²) in [6.45, 7) is 1.63. The molecule has 1 N–H and O–H groups in total. The van der Waals surface area contributed by atoms with Gasteiger partial charge in [0, 0.05) is 19.5 Å². The van der Waals surface area contributed by atoms with Gasteiger partial charge >= 0.3 is 0 Å². The second-order valence-corrected chi connectivity index (χ2v) is 8.37. The van der Waals surface area contributed by atoms with Crippen molar-refractivity contribution in [3.63, 3.8) is 0 Å². The molecule has 4 nitrogen and oxygen atoms in total. The third-order valence-electron chi connectivity index (χ3n) is 5.14. The van der Waals surface area contributed by atoms with Crippen molar-refractivity contribution in [3.8, 4) is 0 Å². The molecule has 5 rings (SSSR count). The van der Waals surface area contributed by atoms with Crippen molar-refractivity contribution in [2.45, 2.75) is 23.4 Å². The number of nitrogens with one attached hydrogen (secondary N) is 1. The Morgan fingerprint density at radius 1 is 1.00 bits per heavy atom. The lowest BCUT2D eigenvalue weighted by atomic mass is 9.76. The van der Waals surface area contributed by atoms with Crippen molar-refractivity contribution in [1.29, 1.82) is 0 Å². The minimum Gasteiger partial charge on any atom is -0.281 e. The molecule has 1 radical (unpaired) electrons. The predicted molar refractivity (Wildman–Crippen MR) is 93.4 cm³/mol. The molecule has 2 bridgehead atoms. The molecule has 0 saturated carbocycles. The van der Waals surface area contributed by atoms with Crippen LogP contribution in [-0.2, 0) is 15.7 Å². The zero-order chi connectivity index (χ0) is 17.5. The maximum Gasteiger partial charge on any atom is 0.242 e. The van der Waals surface area contributed by atoms with Crippen LogP contribution in [0.4, 0.5) is 4.39 Å². The molecule has 0 aliphatic carbocycles. The smallest absolute Gasteiger partial charge is 0.242 e. The summed E-state index contributed by atoms with van der Waals surface area (Å²) in [4.78, 5) is 2.37. The molecule has 25 heavy (non-hydrogen) atoms. The lowest BCUT2D eigenvalue weighted by molar-refractivity contribution is 0.00884. The van der Waals surface area contributed by atoms with E-state index in [9.17, 15) is 12.8 Å². The minimum atomic E-state index is -3.72. The third-order valence-corrected chi connectivity index (χ3v) is 6.62. The van der Waals surface area contributed by atoms with E-state index >= 15 is 0 Å². The Bertz CT molecular complexity index is 847. The van der Waals surface area contributed by atoms with Gasteiger partial charge in [-0.2, -0.15) is 4.72 Å². The average molecular weight is 359 g/mol. The molecule has 3 saturated heterocycles. The number of halogens is 1. The van der Waals surface area contributed by atoms with E-state index in [1.165, 1.54) is 12.1 Å². The largest absolute Gasteiger partial charge is 0.281 e. The van der Waals surface area contributed by atoms with E-state index < -0.39 is 15.7 Å². The molecular formula is C19H20FN2O2S. The number of piperidine rings is 3. The van der Waals surface area contributed by atoms with Crippen molar-refractivity contribution >= 4 is 10.0 Å². The summed E-state index contributed by atoms with van der Waals surface area (Å²) in [5.74, 6) is 0.0225. The summed E-state index contributed by atoms with van der Waals surface area (Å²) >= 11 is 0. The molecule has 2 aromatic rings. The van der Waals surface area contributed by atoms with Crippen LogP contribution in [-0.4, -0.2) is 26.4 Å². The first-order valence-corrected chi connectivity index (χ1v) is 9.94. The number of benzene rings is 2. The van der Waals surface area contributed by atoms with Crippen LogP contribution in [0.3, 0.4) is 0 Å². The highest BCUT2D eigenvalue weighted by molar-refractivity contribution is 7.89. The Labute approximate surface area is 147 Å². The van der Waals surface area contributed by atoms with Gasteiger partial charge in [-0.3, -0.25) is 4.90 Å². The summed E-state index contributed by atoms with van der Waals surface area (Å²) < 4.78 is 42.3. The Morgan fingerprint density at radius 2 is 1.64 bits per heavy atom. The second kappa shape index (κ2) is 6.20. The van der Waals surface area contributed by atoms with E-state index in [1.54, 1.807) is 42.5 Å². The predicted octanol–water partition coefficient (Wildman–Crippen LogP) is 2.89. The van der Waals surface area contributed by atoms with Gasteiger partial charge in [0.2, 0.25) is 10.0 Å². The highest BCUT2D eigenvalue weighted by atomic mass is 32.2. The van der Waals surface area contributed by atoms with Crippen LogP contribution in [0.25, 0.3) is 0 Å². The standard InChI is InChI=1S/C19H20FN2O2S/c20-17-8-6-16(7-9-17)19(14-15-10-12-22(19)13-11-15)21-25(23,24)18-4-2-1-3-5-18/h1-9,14-15,21H,10-13H2/t19-/m0/s1. The summed E-state index contributed by atoms with van der Waals surface area (Å²) in [7, 11) is -3.72. The maximum atomic E-state index is 13.4. The molecule has 131 valence electrons. The van der Waals surface area contributed by atoms with Gasteiger partial charge in [-0.25, -0.2) is 12.8 Å². The molecule has 3 heterocycles. The average Bonchev–Trinajstić information content (AvgIpc) is 2.63. The number of sulfonamides is 1. The molecule has 3 aliphatic rings. The number of hydrogen-bond acceptors (Lipinski definition) is 3. The molecule has 6 heteroatoms. The molecule has 3 fully saturated rings. The molecule has 2 aromatic carbocycles. The van der Waals surface area contributed by atoms with E-state index in [2.05, 4.69) is 16.0 Å². The molecule has 0 amide bonds. The van der Waals surface area contributed by atoms with Crippen molar-refractivity contribution in [3.05, 3.63) is 72.4 Å². The van der Waals surface area contributed by atoms with Gasteiger partial charge in [-0.1, -0.05) is 30.3 Å². The van der Waals surface area contributed by atoms with Gasteiger partial charge in [0.15, 0.2) is 0 Å². The highest BCUT2D eigenvalue weighted by Gasteiger charge is 2.49. The summed E-state index contributed by atoms with van der Waals surface area (Å²) in [5, 5.41) is 0. The zero-order valence-corrected chi connectivity index (χ0v) is 14.5. The van der Waals surface area contributed by atoms with Gasteiger partial charge in [-0.15, -0.1) is 0 Å². The quantitative estimate of drug-likeness (QED) is 0.913. The number of hydrogen-bond donors (Lipinski definition) is 1. The summed E-state index contributed by atoms with van der Waals surface area (Å²) in [6.07, 6.45) is 4.12. The Hall–Kier alpha value is -1.76. The van der Waals surface area contributed by atoms with E-state index in [0.717, 1.165) is 31.5 Å². The van der Waals surface area contributed by atoms with Crippen LogP contribution >= 0.6 is 0 Å². The maximum absolute atomic E-state index is 13.4. The van der Waals surface area contributed by atoms with Crippen LogP contribution in [0.2, 0.25) is 0 Å². The van der Waals surface area contributed by atoms with Crippen LogP contribution < -0.4 is 4.72 Å². The monoisotopic (exact) mass is 359 g/mol. The van der Waals surface area contributed by atoms with Crippen molar-refractivity contribution < 1.29 is 12.8 Å². The van der Waals surface area contributed by atoms with Crippen LogP contribution in [0.1, 0.15) is 18.4 Å². The van der Waals surface area contributed by atoms with E-state index in [1.807, 2.05) is 0 Å². The number of nitrogens with zero attached hydrogens (tertiary/aromatic N) is 1. The second-order valence-electron chi connectivity index (χ2n) is 6.68. The lowest BCUT2D eigenvalue weighted by Gasteiger charge is -2.54. The molecule has 0 unspecified atom stereocenters. The van der Waals surface area contributed by atoms with E-state index in [-0.39, 0.29) is 10.7 Å². The summed E-state index contributed by atoms with van der Waals surface area (Å²) in [6, 6.07) is 14.4. The molecule has 1 atom stereocenters. The fraction of sp³-hybridized carbons (Fsp3) is 0.316. The highest BCUT2D eigenvalue weighted by Crippen LogP contribution is 2.43. The number of fused-ring (bicyclic) bond motifs is 3. The van der Waals surface area contributed by atoms with Crippen molar-refractivity contribution in [2.24, 2.45) is 5.92 Å². The Balaban J connectivity index is 1.78. The third kappa shape index (κ3) is 2.99. The SMILES string of the molecule is O=S(=O)(N[C@@]1(c2ccc(F)cc2)[CH]C2CCN1CC2)c1ccccc1. The normalized spacial score (nSPS) is 28.8. The first-order valence-electron chi connectivity index (χ1n) is 8.46. The topological polar surface area (TPSA) is 49.4 Å². The fourth-order valence-corrected chi connectivity index (χ4v) is 5.23. The van der Waals surface area contributed by atoms with Crippen LogP contribution in [0, 0.1) is 18.2 Å². The van der Waals surface area contributed by atoms with Gasteiger partial charge in [0.25, 0.3) is 0 Å². The lowest BCUT2D eigenvalue weighted by Crippen LogP contribution is -2.65. The Kier molecular flexibility index (Phi) is 4.14. The van der Waals surface area contributed by atoms with E-state index in [0.29, 0.717) is 5.92 Å². The minimum absolute atomic E-state index is 0.229. The zero-order valence-electron chi connectivity index (χ0n) is 13.7. The van der Waals surface area contributed by atoms with Gasteiger partial charge in [-0.05, 0) is 48.6 Å². The van der Waals surface area contributed by atoms with Crippen LogP contribution in [0.5, 0.6) is 0 Å². The first kappa shape index (κ1) is 16.7. The van der Waals surface area contributed by atoms with E-state index in [4.69, 9.17) is 0 Å². The summed E-state index contributed by atoms with van der Waals surface area (Å²) in [5.41, 5.74) is -0.179. The Morgan fingerprint density at radius 3 is 2.20 bits per heavy atom. The molecule has 3 aliphatic heterocycles. The molecular weight excluding hydrogens is 339 g/mol. The molecule has 0 spiro atoms. The van der Waals surface area contributed by atoms with Gasteiger partial charge < -0.3 is 0 Å². The van der Waals surface area contributed by atoms with Crippen molar-refractivity contribution in [2.75, 3.05) is 13.1 Å². The van der Waals surface area contributed by atoms with Crippen molar-refractivity contribution in [1.82, 2.24) is 9.62 Å². The van der Waals surface area contributed by atoms with Gasteiger partial charge in [0.05, 0.1) is 4.90 Å². The first-order chi connectivity index (χ1) is 12.0. The number of rotatable bonds is 4. The molecule has 0 aromatic heterocycles. The fourth-order valence-electron chi connectivity index (χ4n) is 3.87.